The molecule has 0 spiro atoms. The number of rotatable bonds is 1. The van der Waals surface area contributed by atoms with E-state index in [1.165, 1.54) is 9.58 Å². The fourth-order valence-corrected chi connectivity index (χ4v) is 3.15. The van der Waals surface area contributed by atoms with Crippen molar-refractivity contribution in [3.05, 3.63) is 45.6 Å². The van der Waals surface area contributed by atoms with Gasteiger partial charge in [0.2, 0.25) is 0 Å². The minimum Gasteiger partial charge on any atom is -0.457 e. The minimum absolute atomic E-state index is 0.191. The molecule has 2 aliphatic heterocycles. The lowest BCUT2D eigenvalue weighted by Crippen LogP contribution is -2.43. The zero-order valence-electron chi connectivity index (χ0n) is 15.4. The summed E-state index contributed by atoms with van der Waals surface area (Å²) < 4.78 is 13.2. The molecule has 0 fully saturated rings. The largest absolute Gasteiger partial charge is 0.457 e. The molecule has 1 amide bonds. The van der Waals surface area contributed by atoms with Gasteiger partial charge in [0.05, 0.1) is 17.8 Å². The summed E-state index contributed by atoms with van der Waals surface area (Å²) in [6, 6.07) is 5.03. The molecule has 3 heterocycles. The lowest BCUT2D eigenvalue weighted by Gasteiger charge is -2.29. The number of esters is 1. The van der Waals surface area contributed by atoms with Gasteiger partial charge in [0.25, 0.3) is 0 Å². The monoisotopic (exact) mass is 372 g/mol. The standard InChI is InChI=1S/C18H20N4O5/c1-18(2,3)27-17(25)20-6-7-21-14(9-20)19-22(16(21)24)12-4-5-13-11(8-12)10-26-15(13)23/h4-5,8H,6-7,9-10H2,1-3H3. The summed E-state index contributed by atoms with van der Waals surface area (Å²) in [7, 11) is 0. The molecule has 0 radical (unpaired) electrons. The smallest absolute Gasteiger partial charge is 0.410 e. The van der Waals surface area contributed by atoms with Gasteiger partial charge in [-0.05, 0) is 39.0 Å². The summed E-state index contributed by atoms with van der Waals surface area (Å²) in [5, 5.41) is 4.39. The fourth-order valence-electron chi connectivity index (χ4n) is 3.15. The average molecular weight is 372 g/mol. The van der Waals surface area contributed by atoms with E-state index in [2.05, 4.69) is 5.10 Å². The molecule has 2 aromatic rings. The molecule has 0 saturated heterocycles. The van der Waals surface area contributed by atoms with Crippen molar-refractivity contribution in [3.8, 4) is 5.69 Å². The molecule has 1 aromatic heterocycles. The fraction of sp³-hybridized carbons (Fsp3) is 0.444. The number of amides is 1. The summed E-state index contributed by atoms with van der Waals surface area (Å²) in [6.07, 6.45) is -0.427. The van der Waals surface area contributed by atoms with Crippen molar-refractivity contribution >= 4 is 12.1 Å². The van der Waals surface area contributed by atoms with Gasteiger partial charge >= 0.3 is 17.8 Å². The van der Waals surface area contributed by atoms with Gasteiger partial charge < -0.3 is 9.47 Å². The van der Waals surface area contributed by atoms with Crippen LogP contribution in [0.2, 0.25) is 0 Å². The first-order valence-electron chi connectivity index (χ1n) is 8.70. The van der Waals surface area contributed by atoms with E-state index in [9.17, 15) is 14.4 Å². The van der Waals surface area contributed by atoms with Crippen molar-refractivity contribution in [2.24, 2.45) is 0 Å². The van der Waals surface area contributed by atoms with Crippen molar-refractivity contribution < 1.29 is 19.1 Å². The molecule has 0 bridgehead atoms. The summed E-state index contributed by atoms with van der Waals surface area (Å²) in [6.45, 7) is 6.53. The third-order valence-electron chi connectivity index (χ3n) is 4.43. The second kappa shape index (κ2) is 5.97. The highest BCUT2D eigenvalue weighted by Crippen LogP contribution is 2.22. The molecule has 1 aromatic carbocycles. The van der Waals surface area contributed by atoms with Crippen LogP contribution in [0.15, 0.2) is 23.0 Å². The summed E-state index contributed by atoms with van der Waals surface area (Å²) >= 11 is 0. The van der Waals surface area contributed by atoms with Gasteiger partial charge in [0, 0.05) is 18.7 Å². The lowest BCUT2D eigenvalue weighted by molar-refractivity contribution is 0.0194. The molecule has 4 rings (SSSR count). The lowest BCUT2D eigenvalue weighted by atomic mass is 10.1. The summed E-state index contributed by atoms with van der Waals surface area (Å²) in [5.74, 6) is 0.131. The van der Waals surface area contributed by atoms with E-state index in [1.54, 1.807) is 22.8 Å². The van der Waals surface area contributed by atoms with Gasteiger partial charge in [-0.1, -0.05) is 0 Å². The quantitative estimate of drug-likeness (QED) is 0.703. The molecule has 9 nitrogen and oxygen atoms in total. The molecule has 9 heteroatoms. The molecule has 0 N–H and O–H groups in total. The van der Waals surface area contributed by atoms with Crippen LogP contribution in [-0.2, 0) is 29.2 Å². The van der Waals surface area contributed by atoms with Gasteiger partial charge in [-0.15, -0.1) is 5.10 Å². The van der Waals surface area contributed by atoms with Crippen LogP contribution in [0.1, 0.15) is 42.5 Å². The van der Waals surface area contributed by atoms with Gasteiger partial charge in [0.15, 0.2) is 5.82 Å². The molecular formula is C18H20N4O5. The first kappa shape index (κ1) is 17.3. The Morgan fingerprint density at radius 3 is 2.74 bits per heavy atom. The molecule has 142 valence electrons. The van der Waals surface area contributed by atoms with E-state index in [0.29, 0.717) is 30.2 Å². The first-order valence-corrected chi connectivity index (χ1v) is 8.70. The van der Waals surface area contributed by atoms with E-state index in [1.807, 2.05) is 20.8 Å². The van der Waals surface area contributed by atoms with Crippen LogP contribution in [-0.4, -0.2) is 43.5 Å². The number of hydrogen-bond acceptors (Lipinski definition) is 6. The van der Waals surface area contributed by atoms with E-state index >= 15 is 0 Å². The summed E-state index contributed by atoms with van der Waals surface area (Å²) in [5.41, 5.74) is 0.928. The van der Waals surface area contributed by atoms with Gasteiger partial charge in [-0.3, -0.25) is 9.47 Å². The van der Waals surface area contributed by atoms with E-state index in [-0.39, 0.29) is 24.8 Å². The van der Waals surface area contributed by atoms with E-state index < -0.39 is 11.7 Å². The highest BCUT2D eigenvalue weighted by atomic mass is 16.6. The van der Waals surface area contributed by atoms with Gasteiger partial charge in [-0.25, -0.2) is 14.4 Å². The maximum Gasteiger partial charge on any atom is 0.410 e. The van der Waals surface area contributed by atoms with Gasteiger partial charge in [-0.2, -0.15) is 4.68 Å². The molecule has 27 heavy (non-hydrogen) atoms. The third-order valence-corrected chi connectivity index (χ3v) is 4.43. The maximum absolute atomic E-state index is 12.7. The maximum atomic E-state index is 12.7. The number of fused-ring (bicyclic) bond motifs is 2. The third kappa shape index (κ3) is 3.09. The Balaban J connectivity index is 1.62. The molecule has 0 atom stereocenters. The zero-order valence-corrected chi connectivity index (χ0v) is 15.4. The Bertz CT molecular complexity index is 998. The predicted molar refractivity (Wildman–Crippen MR) is 93.6 cm³/mol. The van der Waals surface area contributed by atoms with E-state index in [4.69, 9.17) is 9.47 Å². The van der Waals surface area contributed by atoms with Crippen molar-refractivity contribution in [1.82, 2.24) is 19.2 Å². The zero-order chi connectivity index (χ0) is 19.3. The average Bonchev–Trinajstić information content (AvgIpc) is 3.13. The van der Waals surface area contributed by atoms with Crippen LogP contribution in [0.4, 0.5) is 4.79 Å². The highest BCUT2D eigenvalue weighted by Gasteiger charge is 2.29. The molecule has 0 unspecified atom stereocenters. The van der Waals surface area contributed by atoms with Crippen molar-refractivity contribution in [1.29, 1.82) is 0 Å². The molecule has 2 aliphatic rings. The van der Waals surface area contributed by atoms with Crippen LogP contribution in [0.5, 0.6) is 0 Å². The Morgan fingerprint density at radius 2 is 2.00 bits per heavy atom. The summed E-state index contributed by atoms with van der Waals surface area (Å²) in [4.78, 5) is 38.1. The normalized spacial score (nSPS) is 16.0. The van der Waals surface area contributed by atoms with Crippen LogP contribution < -0.4 is 5.69 Å². The number of benzene rings is 1. The van der Waals surface area contributed by atoms with Crippen LogP contribution in [0, 0.1) is 0 Å². The minimum atomic E-state index is -0.586. The molecule has 0 aliphatic carbocycles. The Hall–Kier alpha value is -3.10. The SMILES string of the molecule is CC(C)(C)OC(=O)N1CCn2c(nn(-c3ccc4c(c3)COC4=O)c2=O)C1. The van der Waals surface area contributed by atoms with Crippen molar-refractivity contribution in [2.75, 3.05) is 6.54 Å². The number of cyclic esters (lactones) is 1. The Morgan fingerprint density at radius 1 is 1.22 bits per heavy atom. The predicted octanol–water partition coefficient (Wildman–Crippen LogP) is 1.46. The Kier molecular flexibility index (Phi) is 3.83. The van der Waals surface area contributed by atoms with Crippen LogP contribution in [0.25, 0.3) is 5.69 Å². The van der Waals surface area contributed by atoms with Crippen LogP contribution in [0.3, 0.4) is 0 Å². The highest BCUT2D eigenvalue weighted by molar-refractivity contribution is 5.93. The number of carbonyl (C=O) groups excluding carboxylic acids is 2. The molecule has 0 saturated carbocycles. The second-order valence-corrected chi connectivity index (χ2v) is 7.58. The topological polar surface area (TPSA) is 95.7 Å². The molecular weight excluding hydrogens is 352 g/mol. The van der Waals surface area contributed by atoms with Crippen molar-refractivity contribution in [2.45, 2.75) is 46.1 Å². The number of hydrogen-bond donors (Lipinski definition) is 0. The van der Waals surface area contributed by atoms with Crippen LogP contribution >= 0.6 is 0 Å². The Labute approximate surface area is 155 Å². The number of carbonyl (C=O) groups is 2. The first-order chi connectivity index (χ1) is 12.7. The van der Waals surface area contributed by atoms with E-state index in [0.717, 1.165) is 5.56 Å². The number of ether oxygens (including phenoxy) is 2. The van der Waals surface area contributed by atoms with Crippen molar-refractivity contribution in [3.63, 3.8) is 0 Å². The number of nitrogens with zero attached hydrogens (tertiary/aromatic N) is 4. The number of aromatic nitrogens is 3. The van der Waals surface area contributed by atoms with Gasteiger partial charge in [0.1, 0.15) is 12.2 Å². The second-order valence-electron chi connectivity index (χ2n) is 7.58.